The molecule has 1 fully saturated rings. The Hall–Kier alpha value is -4.62. The van der Waals surface area contributed by atoms with Crippen LogP contribution in [0.2, 0.25) is 0 Å². The third-order valence-corrected chi connectivity index (χ3v) is 5.65. The molecule has 36 heavy (non-hydrogen) atoms. The number of alkyl halides is 2. The third-order valence-electron chi connectivity index (χ3n) is 5.65. The zero-order valence-corrected chi connectivity index (χ0v) is 18.6. The number of fused-ring (bicyclic) bond motifs is 1. The molecule has 1 aliphatic heterocycles. The van der Waals surface area contributed by atoms with Gasteiger partial charge in [-0.1, -0.05) is 6.07 Å². The van der Waals surface area contributed by atoms with Crippen LogP contribution in [0, 0.1) is 12.7 Å². The Balaban J connectivity index is 1.42. The third kappa shape index (κ3) is 4.28. The van der Waals surface area contributed by atoms with Gasteiger partial charge in [0.25, 0.3) is 5.56 Å². The number of ether oxygens (including phenoxy) is 1. The Morgan fingerprint density at radius 3 is 2.83 bits per heavy atom. The lowest BCUT2D eigenvalue weighted by Crippen LogP contribution is -2.37. The molecule has 186 valence electrons. The van der Waals surface area contributed by atoms with Crippen LogP contribution in [0.25, 0.3) is 16.9 Å². The highest BCUT2D eigenvalue weighted by molar-refractivity contribution is 5.85. The van der Waals surface area contributed by atoms with Crippen LogP contribution in [0.15, 0.2) is 52.4 Å². The zero-order chi connectivity index (χ0) is 25.6. The molecule has 4 aromatic rings. The number of aryl methyl sites for hydroxylation is 1. The van der Waals surface area contributed by atoms with E-state index in [0.717, 1.165) is 6.20 Å². The first-order valence-corrected chi connectivity index (χ1v) is 10.6. The number of carbonyl (C=O) groups is 1. The molecule has 0 radical (unpaired) electrons. The molecule has 1 aromatic carbocycles. The standard InChI is InChI=1S/C22H18F3N7O4/c1-11-2-3-14(13(23)6-11)28-21(35)36-17-9-31(10-22(17,24)25)16-7-15(30-32-5-4-26-18(16)32)12-8-27-20(34)29-19(12)33/h2-8,17H,9-10H2,1H3,(H,28,35)(H2,27,29,33,34)/t17-/m0/s1. The predicted octanol–water partition coefficient (Wildman–Crippen LogP) is 2.29. The van der Waals surface area contributed by atoms with Gasteiger partial charge in [-0.15, -0.1) is 0 Å². The lowest BCUT2D eigenvalue weighted by atomic mass is 10.2. The molecule has 1 saturated heterocycles. The van der Waals surface area contributed by atoms with Gasteiger partial charge in [-0.25, -0.2) is 32.3 Å². The van der Waals surface area contributed by atoms with Gasteiger partial charge >= 0.3 is 17.7 Å². The second kappa shape index (κ2) is 8.55. The molecule has 5 rings (SSSR count). The smallest absolute Gasteiger partial charge is 0.412 e. The number of H-pyrrole nitrogens is 2. The number of benzene rings is 1. The van der Waals surface area contributed by atoms with Crippen molar-refractivity contribution in [2.24, 2.45) is 0 Å². The van der Waals surface area contributed by atoms with Crippen molar-refractivity contribution in [3.8, 4) is 11.3 Å². The molecule has 0 spiro atoms. The summed E-state index contributed by atoms with van der Waals surface area (Å²) >= 11 is 0. The molecule has 0 unspecified atom stereocenters. The summed E-state index contributed by atoms with van der Waals surface area (Å²) in [6.45, 7) is 0.427. The number of imidazole rings is 1. The van der Waals surface area contributed by atoms with E-state index in [1.54, 1.807) is 13.0 Å². The average molecular weight is 501 g/mol. The van der Waals surface area contributed by atoms with Crippen LogP contribution >= 0.6 is 0 Å². The Kier molecular flexibility index (Phi) is 5.50. The van der Waals surface area contributed by atoms with Crippen molar-refractivity contribution in [1.82, 2.24) is 24.6 Å². The van der Waals surface area contributed by atoms with Gasteiger partial charge in [0.2, 0.25) is 0 Å². The fourth-order valence-corrected chi connectivity index (χ4v) is 3.92. The largest absolute Gasteiger partial charge is 0.438 e. The van der Waals surface area contributed by atoms with Crippen LogP contribution in [0.4, 0.5) is 29.3 Å². The van der Waals surface area contributed by atoms with Crippen molar-refractivity contribution >= 4 is 23.1 Å². The molecule has 3 N–H and O–H groups in total. The summed E-state index contributed by atoms with van der Waals surface area (Å²) in [5.74, 6) is -4.18. The number of aromatic nitrogens is 5. The maximum absolute atomic E-state index is 14.9. The molecule has 0 saturated carbocycles. The van der Waals surface area contributed by atoms with E-state index in [1.165, 1.54) is 40.0 Å². The Labute approximate surface area is 199 Å². The van der Waals surface area contributed by atoms with Crippen LogP contribution in [-0.2, 0) is 4.74 Å². The van der Waals surface area contributed by atoms with Gasteiger partial charge < -0.3 is 14.6 Å². The minimum Gasteiger partial charge on any atom is -0.438 e. The fraction of sp³-hybridized carbons (Fsp3) is 0.227. The topological polar surface area (TPSA) is 137 Å². The summed E-state index contributed by atoms with van der Waals surface area (Å²) in [6.07, 6.45) is 0.946. The Bertz CT molecular complexity index is 1600. The van der Waals surface area contributed by atoms with Crippen LogP contribution in [0.3, 0.4) is 0 Å². The van der Waals surface area contributed by atoms with E-state index >= 15 is 0 Å². The van der Waals surface area contributed by atoms with E-state index < -0.39 is 48.3 Å². The summed E-state index contributed by atoms with van der Waals surface area (Å²) in [5, 5.41) is 6.40. The van der Waals surface area contributed by atoms with E-state index in [0.29, 0.717) is 5.56 Å². The number of amides is 1. The fourth-order valence-electron chi connectivity index (χ4n) is 3.92. The highest BCUT2D eigenvalue weighted by Gasteiger charge is 2.51. The number of halogens is 3. The normalized spacial score (nSPS) is 16.9. The van der Waals surface area contributed by atoms with Crippen LogP contribution < -0.4 is 21.5 Å². The SMILES string of the molecule is Cc1ccc(NC(=O)O[C@H]2CN(c3cc(-c4c[nH]c(=O)[nH]c4=O)nn4ccnc34)CC2(F)F)c(F)c1. The number of nitrogens with zero attached hydrogens (tertiary/aromatic N) is 4. The number of carbonyl (C=O) groups excluding carboxylic acids is 1. The molecule has 14 heteroatoms. The lowest BCUT2D eigenvalue weighted by molar-refractivity contribution is -0.0735. The molecule has 0 aliphatic carbocycles. The zero-order valence-electron chi connectivity index (χ0n) is 18.6. The van der Waals surface area contributed by atoms with Gasteiger partial charge in [0.1, 0.15) is 11.5 Å². The predicted molar refractivity (Wildman–Crippen MR) is 122 cm³/mol. The van der Waals surface area contributed by atoms with E-state index in [-0.39, 0.29) is 28.3 Å². The lowest BCUT2D eigenvalue weighted by Gasteiger charge is -2.19. The van der Waals surface area contributed by atoms with Crippen LogP contribution in [0.1, 0.15) is 5.56 Å². The number of aromatic amines is 2. The summed E-state index contributed by atoms with van der Waals surface area (Å²) in [5.41, 5.74) is -0.491. The van der Waals surface area contributed by atoms with Gasteiger partial charge in [0.15, 0.2) is 11.8 Å². The van der Waals surface area contributed by atoms with E-state index in [2.05, 4.69) is 25.4 Å². The summed E-state index contributed by atoms with van der Waals surface area (Å²) in [4.78, 5) is 45.7. The van der Waals surface area contributed by atoms with Crippen molar-refractivity contribution in [3.05, 3.63) is 75.1 Å². The molecule has 1 aliphatic rings. The van der Waals surface area contributed by atoms with Crippen molar-refractivity contribution < 1.29 is 22.7 Å². The second-order valence-electron chi connectivity index (χ2n) is 8.24. The van der Waals surface area contributed by atoms with Crippen LogP contribution in [0.5, 0.6) is 0 Å². The number of anilines is 2. The molecule has 3 aromatic heterocycles. The summed E-state index contributed by atoms with van der Waals surface area (Å²) in [6, 6.07) is 5.42. The molecule has 4 heterocycles. The minimum absolute atomic E-state index is 0.00436. The monoisotopic (exact) mass is 501 g/mol. The maximum Gasteiger partial charge on any atom is 0.412 e. The number of nitrogens with one attached hydrogen (secondary N) is 3. The number of rotatable bonds is 4. The van der Waals surface area contributed by atoms with Crippen molar-refractivity contribution in [2.45, 2.75) is 19.0 Å². The van der Waals surface area contributed by atoms with Gasteiger partial charge in [0, 0.05) is 18.6 Å². The van der Waals surface area contributed by atoms with Crippen molar-refractivity contribution in [1.29, 1.82) is 0 Å². The van der Waals surface area contributed by atoms with E-state index in [1.807, 2.05) is 0 Å². The molecule has 1 amide bonds. The highest BCUT2D eigenvalue weighted by atomic mass is 19.3. The van der Waals surface area contributed by atoms with E-state index in [9.17, 15) is 27.6 Å². The highest BCUT2D eigenvalue weighted by Crippen LogP contribution is 2.36. The summed E-state index contributed by atoms with van der Waals surface area (Å²) < 4.78 is 50.0. The number of hydrogen-bond donors (Lipinski definition) is 3. The molecule has 11 nitrogen and oxygen atoms in total. The molecule has 1 atom stereocenters. The Morgan fingerprint density at radius 1 is 1.28 bits per heavy atom. The first kappa shape index (κ1) is 23.1. The number of hydrogen-bond acceptors (Lipinski definition) is 7. The van der Waals surface area contributed by atoms with Gasteiger partial charge in [-0.3, -0.25) is 15.1 Å². The first-order chi connectivity index (χ1) is 17.1. The van der Waals surface area contributed by atoms with E-state index in [4.69, 9.17) is 4.74 Å². The summed E-state index contributed by atoms with van der Waals surface area (Å²) in [7, 11) is 0. The quantitative estimate of drug-likeness (QED) is 0.390. The molecular formula is C22H18F3N7O4. The van der Waals surface area contributed by atoms with Crippen LogP contribution in [-0.4, -0.2) is 55.8 Å². The van der Waals surface area contributed by atoms with Crippen molar-refractivity contribution in [3.63, 3.8) is 0 Å². The first-order valence-electron chi connectivity index (χ1n) is 10.6. The Morgan fingerprint density at radius 2 is 2.08 bits per heavy atom. The maximum atomic E-state index is 14.9. The van der Waals surface area contributed by atoms with Gasteiger partial charge in [0.05, 0.1) is 30.0 Å². The molecular weight excluding hydrogens is 483 g/mol. The molecule has 0 bridgehead atoms. The van der Waals surface area contributed by atoms with Crippen molar-refractivity contribution in [2.75, 3.05) is 23.3 Å². The second-order valence-corrected chi connectivity index (χ2v) is 8.24. The van der Waals surface area contributed by atoms with Gasteiger partial charge in [-0.05, 0) is 30.7 Å². The average Bonchev–Trinajstić information content (AvgIpc) is 3.39. The minimum atomic E-state index is -3.45. The van der Waals surface area contributed by atoms with Gasteiger partial charge in [-0.2, -0.15) is 5.10 Å².